The molecule has 0 rings (SSSR count). The highest BCUT2D eigenvalue weighted by molar-refractivity contribution is 7.42. The van der Waals surface area contributed by atoms with Crippen molar-refractivity contribution in [3.8, 4) is 0 Å². The van der Waals surface area contributed by atoms with Gasteiger partial charge in [0.25, 0.3) is 0 Å². The third-order valence-corrected chi connectivity index (χ3v) is 3.80. The van der Waals surface area contributed by atoms with E-state index in [-0.39, 0.29) is 0 Å². The summed E-state index contributed by atoms with van der Waals surface area (Å²) < 4.78 is 1.42. The molecule has 0 aromatic rings. The predicted octanol–water partition coefficient (Wildman–Crippen LogP) is 2.09. The molecule has 0 amide bonds. The first kappa shape index (κ1) is 9.98. The molecule has 0 N–H and O–H groups in total. The first-order chi connectivity index (χ1) is 4.09. The van der Waals surface area contributed by atoms with E-state index in [0.717, 1.165) is 0 Å². The molecule has 0 aliphatic rings. The highest BCUT2D eigenvalue weighted by atomic mass is 35.7. The molecule has 0 spiro atoms. The van der Waals surface area contributed by atoms with Crippen LogP contribution in [-0.4, -0.2) is 17.7 Å². The van der Waals surface area contributed by atoms with Gasteiger partial charge in [0.1, 0.15) is 0 Å². The van der Waals surface area contributed by atoms with Crippen LogP contribution in [0.3, 0.4) is 0 Å². The van der Waals surface area contributed by atoms with Crippen LogP contribution in [0.1, 0.15) is 0 Å². The molecule has 0 aliphatic carbocycles. The third-order valence-electron chi connectivity index (χ3n) is 0.662. The summed E-state index contributed by atoms with van der Waals surface area (Å²) in [5, 5.41) is 0. The molecule has 0 aliphatic heterocycles. The van der Waals surface area contributed by atoms with E-state index in [9.17, 15) is 0 Å². The summed E-state index contributed by atoms with van der Waals surface area (Å²) in [6.45, 7) is 3.43. The van der Waals surface area contributed by atoms with Crippen LogP contribution in [-0.2, 0) is 0 Å². The molecule has 0 aromatic heterocycles. The van der Waals surface area contributed by atoms with Gasteiger partial charge in [-0.25, -0.2) is 0 Å². The normalized spacial score (nSPS) is 9.44. The molecular weight excluding hydrogens is 219 g/mol. The fourth-order valence-corrected chi connectivity index (χ4v) is 3.26. The van der Waals surface area contributed by atoms with Crippen LogP contribution in [0.2, 0.25) is 0 Å². The lowest BCUT2D eigenvalue weighted by atomic mass is 10.4. The summed E-state index contributed by atoms with van der Waals surface area (Å²) in [6, 6.07) is 0. The van der Waals surface area contributed by atoms with Crippen LogP contribution < -0.4 is 0 Å². The molecule has 0 saturated carbocycles. The van der Waals surface area contributed by atoms with Crippen LogP contribution in [0.4, 0.5) is 0 Å². The summed E-state index contributed by atoms with van der Waals surface area (Å²) in [4.78, 5) is 0. The molecule has 0 saturated heterocycles. The van der Waals surface area contributed by atoms with Crippen LogP contribution >= 0.6 is 45.1 Å². The average Bonchev–Trinajstić information content (AvgIpc) is 1.64. The van der Waals surface area contributed by atoms with Gasteiger partial charge in [-0.15, -0.1) is 45.1 Å². The van der Waals surface area contributed by atoms with Gasteiger partial charge in [-0.3, -0.25) is 0 Å². The SMILES string of the molecule is C=CN(B(Cl)Cl)[SiH](Cl)Cl. The standard InChI is InChI=1S/C2H4BCl4NSi/c1-2-8(3(4)5)9(6)7/h2,9H,1H2. The first-order valence-electron chi connectivity index (χ1n) is 2.06. The van der Waals surface area contributed by atoms with Gasteiger partial charge in [-0.2, -0.15) is 0 Å². The molecule has 7 heteroatoms. The Morgan fingerprint density at radius 3 is 1.89 bits per heavy atom. The van der Waals surface area contributed by atoms with Crippen molar-refractivity contribution < 1.29 is 0 Å². The van der Waals surface area contributed by atoms with Crippen molar-refractivity contribution in [2.45, 2.75) is 0 Å². The van der Waals surface area contributed by atoms with E-state index >= 15 is 0 Å². The summed E-state index contributed by atoms with van der Waals surface area (Å²) in [5.41, 5.74) is -0.686. The fourth-order valence-electron chi connectivity index (χ4n) is 0.245. The number of halogens is 4. The van der Waals surface area contributed by atoms with Crippen molar-refractivity contribution in [2.24, 2.45) is 0 Å². The van der Waals surface area contributed by atoms with E-state index in [1.165, 1.54) is 10.7 Å². The Kier molecular flexibility index (Phi) is 5.26. The van der Waals surface area contributed by atoms with E-state index in [1.54, 1.807) is 0 Å². The minimum absolute atomic E-state index is 0.686. The minimum atomic E-state index is -1.95. The van der Waals surface area contributed by atoms with Gasteiger partial charge < -0.3 is 4.48 Å². The molecule has 0 unspecified atom stereocenters. The lowest BCUT2D eigenvalue weighted by Crippen LogP contribution is -2.32. The zero-order valence-corrected chi connectivity index (χ0v) is 8.58. The monoisotopic (exact) mass is 221 g/mol. The van der Waals surface area contributed by atoms with Gasteiger partial charge in [0.05, 0.1) is 0 Å². The Morgan fingerprint density at radius 1 is 1.44 bits per heavy atom. The Bertz CT molecular complexity index is 90.6. The fraction of sp³-hybridized carbons (Fsp3) is 0. The largest absolute Gasteiger partial charge is 0.460 e. The van der Waals surface area contributed by atoms with Crippen molar-refractivity contribution >= 4 is 58.3 Å². The van der Waals surface area contributed by atoms with Crippen LogP contribution in [0, 0.1) is 0 Å². The zero-order valence-electron chi connectivity index (χ0n) is 4.40. The Balaban J connectivity index is 3.82. The maximum Gasteiger partial charge on any atom is 0.460 e. The van der Waals surface area contributed by atoms with Gasteiger partial charge in [0, 0.05) is 0 Å². The molecule has 0 aromatic carbocycles. The zero-order chi connectivity index (χ0) is 7.44. The molecule has 0 radical (unpaired) electrons. The summed E-state index contributed by atoms with van der Waals surface area (Å²) in [7, 11) is -1.95. The van der Waals surface area contributed by atoms with Gasteiger partial charge in [0.15, 0.2) is 0 Å². The lowest BCUT2D eigenvalue weighted by Gasteiger charge is -2.18. The molecule has 0 heterocycles. The molecule has 52 valence electrons. The number of nitrogens with zero attached hydrogens (tertiary/aromatic N) is 1. The molecule has 9 heavy (non-hydrogen) atoms. The second-order valence-electron chi connectivity index (χ2n) is 1.19. The molecule has 1 nitrogen and oxygen atoms in total. The average molecular weight is 223 g/mol. The maximum atomic E-state index is 5.53. The summed E-state index contributed by atoms with van der Waals surface area (Å²) in [6.07, 6.45) is 1.43. The maximum absolute atomic E-state index is 5.53. The van der Waals surface area contributed by atoms with Gasteiger partial charge in [-0.05, 0) is 6.20 Å². The van der Waals surface area contributed by atoms with Gasteiger partial charge in [-0.1, -0.05) is 6.58 Å². The molecular formula is C2H4BCl4NSi. The van der Waals surface area contributed by atoms with Gasteiger partial charge in [0.2, 0.25) is 0 Å². The van der Waals surface area contributed by atoms with Crippen LogP contribution in [0.5, 0.6) is 0 Å². The van der Waals surface area contributed by atoms with E-state index in [1.807, 2.05) is 0 Å². The van der Waals surface area contributed by atoms with Crippen molar-refractivity contribution in [2.75, 3.05) is 0 Å². The predicted molar refractivity (Wildman–Crippen MR) is 48.4 cm³/mol. The van der Waals surface area contributed by atoms with Crippen LogP contribution in [0.25, 0.3) is 0 Å². The van der Waals surface area contributed by atoms with Crippen molar-refractivity contribution in [3.63, 3.8) is 0 Å². The van der Waals surface area contributed by atoms with Crippen molar-refractivity contribution in [3.05, 3.63) is 12.8 Å². The number of rotatable bonds is 3. The molecule has 0 fully saturated rings. The summed E-state index contributed by atoms with van der Waals surface area (Å²) >= 11 is 21.9. The minimum Gasteiger partial charge on any atom is -0.401 e. The summed E-state index contributed by atoms with van der Waals surface area (Å²) in [5.74, 6) is 0. The number of hydrogen-bond acceptors (Lipinski definition) is 1. The molecule has 0 bridgehead atoms. The Hall–Kier alpha value is 0.982. The van der Waals surface area contributed by atoms with Crippen molar-refractivity contribution in [1.29, 1.82) is 0 Å². The van der Waals surface area contributed by atoms with Gasteiger partial charge >= 0.3 is 13.3 Å². The number of hydrogen-bond donors (Lipinski definition) is 0. The Labute approximate surface area is 75.5 Å². The topological polar surface area (TPSA) is 3.24 Å². The Morgan fingerprint density at radius 2 is 1.89 bits per heavy atom. The highest BCUT2D eigenvalue weighted by Crippen LogP contribution is 2.12. The van der Waals surface area contributed by atoms with Crippen LogP contribution in [0.15, 0.2) is 12.8 Å². The second kappa shape index (κ2) is 4.74. The first-order valence-corrected chi connectivity index (χ1v) is 6.94. The highest BCUT2D eigenvalue weighted by Gasteiger charge is 2.21. The molecule has 0 atom stereocenters. The lowest BCUT2D eigenvalue weighted by molar-refractivity contribution is 0.960. The van der Waals surface area contributed by atoms with E-state index in [4.69, 9.17) is 45.1 Å². The third kappa shape index (κ3) is 3.63. The quantitative estimate of drug-likeness (QED) is 0.522. The second-order valence-corrected chi connectivity index (χ2v) is 6.54. The van der Waals surface area contributed by atoms with Crippen molar-refractivity contribution in [1.82, 2.24) is 4.48 Å². The van der Waals surface area contributed by atoms with E-state index < -0.39 is 13.3 Å². The van der Waals surface area contributed by atoms with E-state index in [2.05, 4.69) is 6.58 Å². The smallest absolute Gasteiger partial charge is 0.401 e. The van der Waals surface area contributed by atoms with E-state index in [0.29, 0.717) is 0 Å².